The highest BCUT2D eigenvalue weighted by Crippen LogP contribution is 2.27. The zero-order chi connectivity index (χ0) is 18.4. The molecule has 1 amide bonds. The molecule has 0 spiro atoms. The predicted octanol–water partition coefficient (Wildman–Crippen LogP) is 3.41. The Kier molecular flexibility index (Phi) is 6.52. The molecule has 140 valence electrons. The van der Waals surface area contributed by atoms with Crippen molar-refractivity contribution in [3.63, 3.8) is 0 Å². The molecule has 1 aromatic carbocycles. The van der Waals surface area contributed by atoms with Crippen LogP contribution in [0.3, 0.4) is 0 Å². The van der Waals surface area contributed by atoms with E-state index in [0.717, 1.165) is 26.1 Å². The minimum absolute atomic E-state index is 0.0682. The summed E-state index contributed by atoms with van der Waals surface area (Å²) < 4.78 is 10.5. The van der Waals surface area contributed by atoms with Crippen molar-refractivity contribution in [3.8, 4) is 11.5 Å². The first-order valence-corrected chi connectivity index (χ1v) is 9.82. The summed E-state index contributed by atoms with van der Waals surface area (Å²) in [6.45, 7) is 3.88. The quantitative estimate of drug-likeness (QED) is 0.807. The molecule has 0 unspecified atom stereocenters. The second-order valence-electron chi connectivity index (χ2n) is 6.60. The van der Waals surface area contributed by atoms with E-state index in [1.54, 1.807) is 43.8 Å². The van der Waals surface area contributed by atoms with Crippen molar-refractivity contribution in [1.82, 2.24) is 10.2 Å². The highest BCUT2D eigenvalue weighted by atomic mass is 32.1. The fraction of sp³-hybridized carbons (Fsp3) is 0.450. The van der Waals surface area contributed by atoms with Gasteiger partial charge in [-0.1, -0.05) is 6.07 Å². The number of ether oxygens (including phenoxy) is 2. The van der Waals surface area contributed by atoms with Crippen molar-refractivity contribution >= 4 is 17.2 Å². The summed E-state index contributed by atoms with van der Waals surface area (Å²) in [4.78, 5) is 16.4. The van der Waals surface area contributed by atoms with E-state index in [4.69, 9.17) is 9.47 Å². The number of carbonyl (C=O) groups is 1. The number of nitrogens with one attached hydrogen (secondary N) is 1. The summed E-state index contributed by atoms with van der Waals surface area (Å²) in [7, 11) is 3.16. The third-order valence-corrected chi connectivity index (χ3v) is 5.62. The van der Waals surface area contributed by atoms with Crippen molar-refractivity contribution in [2.45, 2.75) is 19.4 Å². The van der Waals surface area contributed by atoms with Gasteiger partial charge < -0.3 is 14.8 Å². The van der Waals surface area contributed by atoms with Crippen LogP contribution in [0, 0.1) is 5.92 Å². The van der Waals surface area contributed by atoms with Gasteiger partial charge in [-0.3, -0.25) is 9.69 Å². The van der Waals surface area contributed by atoms with Crippen LogP contribution in [-0.4, -0.2) is 44.7 Å². The number of thiophene rings is 1. The van der Waals surface area contributed by atoms with Crippen LogP contribution in [0.2, 0.25) is 0 Å². The van der Waals surface area contributed by atoms with Crippen LogP contribution in [-0.2, 0) is 6.54 Å². The van der Waals surface area contributed by atoms with Gasteiger partial charge in [-0.2, -0.15) is 0 Å². The molecule has 0 bridgehead atoms. The van der Waals surface area contributed by atoms with Gasteiger partial charge in [0.2, 0.25) is 0 Å². The molecule has 2 heterocycles. The Bertz CT molecular complexity index is 718. The van der Waals surface area contributed by atoms with E-state index in [-0.39, 0.29) is 5.91 Å². The maximum absolute atomic E-state index is 12.5. The van der Waals surface area contributed by atoms with Crippen molar-refractivity contribution in [2.24, 2.45) is 5.92 Å². The molecule has 3 rings (SSSR count). The summed E-state index contributed by atoms with van der Waals surface area (Å²) >= 11 is 1.81. The first-order chi connectivity index (χ1) is 12.7. The van der Waals surface area contributed by atoms with Gasteiger partial charge in [0.25, 0.3) is 5.91 Å². The smallest absolute Gasteiger partial charge is 0.251 e. The van der Waals surface area contributed by atoms with E-state index in [0.29, 0.717) is 29.5 Å². The van der Waals surface area contributed by atoms with Crippen molar-refractivity contribution < 1.29 is 14.3 Å². The molecule has 26 heavy (non-hydrogen) atoms. The van der Waals surface area contributed by atoms with Crippen LogP contribution in [0.25, 0.3) is 0 Å². The number of amides is 1. The number of carbonyl (C=O) groups excluding carboxylic acids is 1. The second-order valence-corrected chi connectivity index (χ2v) is 7.63. The summed E-state index contributed by atoms with van der Waals surface area (Å²) in [5.41, 5.74) is 0.592. The van der Waals surface area contributed by atoms with Crippen LogP contribution >= 0.6 is 11.3 Å². The molecule has 0 saturated carbocycles. The van der Waals surface area contributed by atoms with Crippen molar-refractivity contribution in [2.75, 3.05) is 33.9 Å². The molecule has 1 fully saturated rings. The molecule has 2 aromatic rings. The van der Waals surface area contributed by atoms with Gasteiger partial charge >= 0.3 is 0 Å². The van der Waals surface area contributed by atoms with Gasteiger partial charge in [-0.25, -0.2) is 0 Å². The van der Waals surface area contributed by atoms with Crippen LogP contribution < -0.4 is 14.8 Å². The molecule has 5 nitrogen and oxygen atoms in total. The molecular weight excluding hydrogens is 348 g/mol. The summed E-state index contributed by atoms with van der Waals surface area (Å²) in [5, 5.41) is 5.20. The third kappa shape index (κ3) is 4.77. The lowest BCUT2D eigenvalue weighted by molar-refractivity contribution is 0.0930. The van der Waals surface area contributed by atoms with Gasteiger partial charge in [0.1, 0.15) is 0 Å². The number of nitrogens with zero attached hydrogens (tertiary/aromatic N) is 1. The summed E-state index contributed by atoms with van der Waals surface area (Å²) in [5.74, 6) is 1.62. The highest BCUT2D eigenvalue weighted by Gasteiger charge is 2.21. The van der Waals surface area contributed by atoms with Gasteiger partial charge in [0, 0.05) is 30.1 Å². The van der Waals surface area contributed by atoms with Gasteiger partial charge in [-0.05, 0) is 54.9 Å². The second kappa shape index (κ2) is 9.05. The van der Waals surface area contributed by atoms with Gasteiger partial charge in [-0.15, -0.1) is 11.3 Å². The fourth-order valence-electron chi connectivity index (χ4n) is 3.40. The highest BCUT2D eigenvalue weighted by molar-refractivity contribution is 7.09. The molecule has 1 N–H and O–H groups in total. The lowest BCUT2D eigenvalue weighted by Gasteiger charge is -2.32. The average Bonchev–Trinajstić information content (AvgIpc) is 3.18. The lowest BCUT2D eigenvalue weighted by Crippen LogP contribution is -2.40. The maximum atomic E-state index is 12.5. The van der Waals surface area contributed by atoms with E-state index in [9.17, 15) is 4.79 Å². The summed E-state index contributed by atoms with van der Waals surface area (Å²) in [6.07, 6.45) is 2.34. The first kappa shape index (κ1) is 18.7. The zero-order valence-corrected chi connectivity index (χ0v) is 16.2. The van der Waals surface area contributed by atoms with Gasteiger partial charge in [0.05, 0.1) is 14.2 Å². The van der Waals surface area contributed by atoms with Crippen molar-refractivity contribution in [1.29, 1.82) is 0 Å². The normalized spacial score (nSPS) is 17.7. The molecule has 1 saturated heterocycles. The molecule has 1 aromatic heterocycles. The molecule has 0 radical (unpaired) electrons. The van der Waals surface area contributed by atoms with E-state index < -0.39 is 0 Å². The number of benzene rings is 1. The Hall–Kier alpha value is -2.05. The molecule has 6 heteroatoms. The van der Waals surface area contributed by atoms with Crippen LogP contribution in [0.15, 0.2) is 35.7 Å². The standard InChI is InChI=1S/C20H26N2O3S/c1-24-18-8-7-16(11-19(18)25-2)20(23)21-12-15-5-3-9-22(13-15)14-17-6-4-10-26-17/h4,6-8,10-11,15H,3,5,9,12-14H2,1-2H3,(H,21,23)/t15-/m0/s1. The maximum Gasteiger partial charge on any atom is 0.251 e. The van der Waals surface area contributed by atoms with E-state index in [1.165, 1.54) is 11.3 Å². The average molecular weight is 375 g/mol. The van der Waals surface area contributed by atoms with E-state index in [2.05, 4.69) is 27.7 Å². The molecule has 1 atom stereocenters. The number of piperidine rings is 1. The molecule has 0 aliphatic carbocycles. The molecule has 1 aliphatic heterocycles. The van der Waals surface area contributed by atoms with Crippen LogP contribution in [0.5, 0.6) is 11.5 Å². The number of hydrogen-bond donors (Lipinski definition) is 1. The lowest BCUT2D eigenvalue weighted by atomic mass is 9.97. The monoisotopic (exact) mass is 374 g/mol. The zero-order valence-electron chi connectivity index (χ0n) is 15.4. The van der Waals surface area contributed by atoms with Crippen LogP contribution in [0.4, 0.5) is 0 Å². The van der Waals surface area contributed by atoms with Gasteiger partial charge in [0.15, 0.2) is 11.5 Å². The minimum Gasteiger partial charge on any atom is -0.493 e. The Balaban J connectivity index is 1.52. The minimum atomic E-state index is -0.0682. The Labute approximate surface area is 158 Å². The first-order valence-electron chi connectivity index (χ1n) is 8.94. The van der Waals surface area contributed by atoms with Crippen molar-refractivity contribution in [3.05, 3.63) is 46.2 Å². The van der Waals surface area contributed by atoms with E-state index >= 15 is 0 Å². The summed E-state index contributed by atoms with van der Waals surface area (Å²) in [6, 6.07) is 9.54. The number of hydrogen-bond acceptors (Lipinski definition) is 5. The third-order valence-electron chi connectivity index (χ3n) is 4.76. The Morgan fingerprint density at radius 1 is 1.27 bits per heavy atom. The van der Waals surface area contributed by atoms with E-state index in [1.807, 2.05) is 0 Å². The SMILES string of the molecule is COc1ccc(C(=O)NC[C@@H]2CCCN(Cc3cccs3)C2)cc1OC. The number of methoxy groups -OCH3 is 2. The number of likely N-dealkylation sites (tertiary alicyclic amines) is 1. The molecule has 1 aliphatic rings. The van der Waals surface area contributed by atoms with Crippen LogP contribution in [0.1, 0.15) is 28.1 Å². The Morgan fingerprint density at radius 3 is 2.85 bits per heavy atom. The largest absolute Gasteiger partial charge is 0.493 e. The molecular formula is C20H26N2O3S. The topological polar surface area (TPSA) is 50.8 Å². The fourth-order valence-corrected chi connectivity index (χ4v) is 4.15. The Morgan fingerprint density at radius 2 is 2.12 bits per heavy atom. The number of rotatable bonds is 7. The predicted molar refractivity (Wildman–Crippen MR) is 104 cm³/mol.